The molecule has 1 aromatic rings. The molecule has 1 heterocycles. The molecule has 0 spiro atoms. The van der Waals surface area contributed by atoms with E-state index in [2.05, 4.69) is 21.1 Å². The molecule has 0 amide bonds. The largest absolute Gasteiger partial charge is 0.486 e. The summed E-state index contributed by atoms with van der Waals surface area (Å²) in [6, 6.07) is 3.56. The first-order valence-electron chi connectivity index (χ1n) is 4.08. The van der Waals surface area contributed by atoms with Crippen molar-refractivity contribution < 1.29 is 14.7 Å². The van der Waals surface area contributed by atoms with Crippen LogP contribution in [-0.4, -0.2) is 24.6 Å². The summed E-state index contributed by atoms with van der Waals surface area (Å²) in [6.07, 6.45) is 1.34. The Morgan fingerprint density at radius 3 is 2.93 bits per heavy atom. The third kappa shape index (κ3) is 1.68. The smallest absolute Gasteiger partial charge is 0.175 e. The lowest BCUT2D eigenvalue weighted by molar-refractivity contribution is 0.170. The topological polar surface area (TPSA) is 51.1 Å². The van der Waals surface area contributed by atoms with E-state index in [4.69, 9.17) is 14.7 Å². The van der Waals surface area contributed by atoms with Gasteiger partial charge in [-0.15, -0.1) is 0 Å². The van der Waals surface area contributed by atoms with Crippen molar-refractivity contribution in [2.45, 2.75) is 0 Å². The molecular formula is C9H8BrNO3. The first-order valence-corrected chi connectivity index (χ1v) is 4.87. The maximum absolute atomic E-state index is 8.40. The molecule has 1 N–H and O–H groups in total. The molecule has 1 aromatic carbocycles. The van der Waals surface area contributed by atoms with Crippen LogP contribution in [0.15, 0.2) is 21.8 Å². The fourth-order valence-corrected chi connectivity index (χ4v) is 1.85. The van der Waals surface area contributed by atoms with Gasteiger partial charge in [-0.05, 0) is 28.1 Å². The summed E-state index contributed by atoms with van der Waals surface area (Å²) in [6.45, 7) is 1.10. The molecule has 0 bridgehead atoms. The van der Waals surface area contributed by atoms with Crippen molar-refractivity contribution in [3.63, 3.8) is 0 Å². The average Bonchev–Trinajstić information content (AvgIpc) is 2.18. The lowest BCUT2D eigenvalue weighted by Crippen LogP contribution is -2.15. The van der Waals surface area contributed by atoms with Crippen LogP contribution in [0.2, 0.25) is 0 Å². The molecule has 0 aromatic heterocycles. The minimum Gasteiger partial charge on any atom is -0.486 e. The van der Waals surface area contributed by atoms with Crippen LogP contribution < -0.4 is 9.47 Å². The van der Waals surface area contributed by atoms with Gasteiger partial charge in [-0.3, -0.25) is 0 Å². The lowest BCUT2D eigenvalue weighted by atomic mass is 10.2. The Kier molecular flexibility index (Phi) is 2.58. The molecule has 0 aliphatic carbocycles. The lowest BCUT2D eigenvalue weighted by Gasteiger charge is -2.19. The number of rotatable bonds is 1. The molecule has 1 aliphatic heterocycles. The van der Waals surface area contributed by atoms with Crippen LogP contribution in [0, 0.1) is 0 Å². The van der Waals surface area contributed by atoms with Gasteiger partial charge < -0.3 is 14.7 Å². The second-order valence-corrected chi connectivity index (χ2v) is 3.63. The van der Waals surface area contributed by atoms with Crippen LogP contribution in [0.4, 0.5) is 0 Å². The molecule has 0 atom stereocenters. The SMILES string of the molecule is ON=Cc1cc(Br)c2c(c1)OCCO2. The number of hydrogen-bond donors (Lipinski definition) is 1. The van der Waals surface area contributed by atoms with Crippen molar-refractivity contribution >= 4 is 22.1 Å². The van der Waals surface area contributed by atoms with Crippen molar-refractivity contribution in [2.75, 3.05) is 13.2 Å². The first kappa shape index (κ1) is 9.33. The van der Waals surface area contributed by atoms with Gasteiger partial charge in [-0.25, -0.2) is 0 Å². The molecule has 4 nitrogen and oxygen atoms in total. The summed E-state index contributed by atoms with van der Waals surface area (Å²) < 4.78 is 11.6. The second-order valence-electron chi connectivity index (χ2n) is 2.77. The van der Waals surface area contributed by atoms with Crippen LogP contribution >= 0.6 is 15.9 Å². The molecular weight excluding hydrogens is 250 g/mol. The number of oxime groups is 1. The molecule has 0 unspecified atom stereocenters. The monoisotopic (exact) mass is 257 g/mol. The van der Waals surface area contributed by atoms with E-state index in [1.165, 1.54) is 6.21 Å². The number of fused-ring (bicyclic) bond motifs is 1. The van der Waals surface area contributed by atoms with Gasteiger partial charge in [0.1, 0.15) is 13.2 Å². The number of ether oxygens (including phenoxy) is 2. The van der Waals surface area contributed by atoms with Gasteiger partial charge in [-0.1, -0.05) is 5.16 Å². The van der Waals surface area contributed by atoms with E-state index in [0.717, 1.165) is 10.0 Å². The Hall–Kier alpha value is -1.23. The van der Waals surface area contributed by atoms with Gasteiger partial charge >= 0.3 is 0 Å². The second kappa shape index (κ2) is 3.88. The van der Waals surface area contributed by atoms with Gasteiger partial charge in [0.15, 0.2) is 11.5 Å². The fourth-order valence-electron chi connectivity index (χ4n) is 1.27. The molecule has 1 aliphatic rings. The van der Waals surface area contributed by atoms with Gasteiger partial charge in [-0.2, -0.15) is 0 Å². The molecule has 0 saturated heterocycles. The van der Waals surface area contributed by atoms with Crippen LogP contribution in [0.3, 0.4) is 0 Å². The van der Waals surface area contributed by atoms with Gasteiger partial charge in [0.2, 0.25) is 0 Å². The van der Waals surface area contributed by atoms with E-state index in [-0.39, 0.29) is 0 Å². The number of hydrogen-bond acceptors (Lipinski definition) is 4. The van der Waals surface area contributed by atoms with Crippen molar-refractivity contribution in [1.29, 1.82) is 0 Å². The maximum atomic E-state index is 8.40. The molecule has 74 valence electrons. The number of benzene rings is 1. The van der Waals surface area contributed by atoms with E-state index in [0.29, 0.717) is 24.7 Å². The predicted octanol–water partition coefficient (Wildman–Crippen LogP) is 2.03. The van der Waals surface area contributed by atoms with Gasteiger partial charge in [0, 0.05) is 5.56 Å². The van der Waals surface area contributed by atoms with Crippen LogP contribution in [0.25, 0.3) is 0 Å². The summed E-state index contributed by atoms with van der Waals surface area (Å²) in [4.78, 5) is 0. The van der Waals surface area contributed by atoms with E-state index < -0.39 is 0 Å². The highest BCUT2D eigenvalue weighted by Crippen LogP contribution is 2.38. The Morgan fingerprint density at radius 2 is 2.14 bits per heavy atom. The summed E-state index contributed by atoms with van der Waals surface area (Å²) >= 11 is 3.35. The molecule has 5 heteroatoms. The number of halogens is 1. The Labute approximate surface area is 89.3 Å². The van der Waals surface area contributed by atoms with Crippen molar-refractivity contribution in [3.8, 4) is 11.5 Å². The quantitative estimate of drug-likeness (QED) is 0.476. The zero-order valence-corrected chi connectivity index (χ0v) is 8.82. The molecule has 2 rings (SSSR count). The zero-order chi connectivity index (χ0) is 9.97. The Balaban J connectivity index is 2.46. The van der Waals surface area contributed by atoms with Crippen LogP contribution in [-0.2, 0) is 0 Å². The zero-order valence-electron chi connectivity index (χ0n) is 7.24. The van der Waals surface area contributed by atoms with Crippen LogP contribution in [0.1, 0.15) is 5.56 Å². The van der Waals surface area contributed by atoms with Crippen molar-refractivity contribution in [1.82, 2.24) is 0 Å². The number of nitrogens with zero attached hydrogens (tertiary/aromatic N) is 1. The maximum Gasteiger partial charge on any atom is 0.175 e. The van der Waals surface area contributed by atoms with Gasteiger partial charge in [0.25, 0.3) is 0 Å². The normalized spacial score (nSPS) is 14.6. The third-order valence-corrected chi connectivity index (χ3v) is 2.42. The summed E-state index contributed by atoms with van der Waals surface area (Å²) in [5, 5.41) is 11.4. The van der Waals surface area contributed by atoms with E-state index in [9.17, 15) is 0 Å². The Morgan fingerprint density at radius 1 is 1.36 bits per heavy atom. The fraction of sp³-hybridized carbons (Fsp3) is 0.222. The Bertz CT molecular complexity index is 379. The minimum absolute atomic E-state index is 0.541. The van der Waals surface area contributed by atoms with Crippen molar-refractivity contribution in [3.05, 3.63) is 22.2 Å². The highest BCUT2D eigenvalue weighted by atomic mass is 79.9. The molecule has 14 heavy (non-hydrogen) atoms. The third-order valence-electron chi connectivity index (χ3n) is 1.83. The molecule has 0 fully saturated rings. The predicted molar refractivity (Wildman–Crippen MR) is 54.5 cm³/mol. The van der Waals surface area contributed by atoms with E-state index in [1.54, 1.807) is 12.1 Å². The highest BCUT2D eigenvalue weighted by molar-refractivity contribution is 9.10. The minimum atomic E-state index is 0.541. The average molecular weight is 258 g/mol. The summed E-state index contributed by atoms with van der Waals surface area (Å²) in [5.41, 5.74) is 0.753. The highest BCUT2D eigenvalue weighted by Gasteiger charge is 2.15. The summed E-state index contributed by atoms with van der Waals surface area (Å²) in [5.74, 6) is 1.37. The van der Waals surface area contributed by atoms with Crippen LogP contribution in [0.5, 0.6) is 11.5 Å². The van der Waals surface area contributed by atoms with E-state index >= 15 is 0 Å². The molecule has 0 saturated carbocycles. The van der Waals surface area contributed by atoms with Gasteiger partial charge in [0.05, 0.1) is 10.7 Å². The van der Waals surface area contributed by atoms with Crippen molar-refractivity contribution in [2.24, 2.45) is 5.16 Å². The van der Waals surface area contributed by atoms with E-state index in [1.807, 2.05) is 0 Å². The first-order chi connectivity index (χ1) is 6.81. The molecule has 0 radical (unpaired) electrons. The summed E-state index contributed by atoms with van der Waals surface area (Å²) in [7, 11) is 0. The standard InChI is InChI=1S/C9H8BrNO3/c10-7-3-6(5-11-12)4-8-9(7)14-2-1-13-8/h3-5,12H,1-2H2.